The smallest absolute Gasteiger partial charge is 0.251 e. The molecule has 4 nitrogen and oxygen atoms in total. The van der Waals surface area contributed by atoms with Crippen molar-refractivity contribution >= 4 is 29.4 Å². The summed E-state index contributed by atoms with van der Waals surface area (Å²) in [6.45, 7) is 0.377. The maximum Gasteiger partial charge on any atom is 0.251 e. The quantitative estimate of drug-likeness (QED) is 0.209. The number of thiol groups is 1. The van der Waals surface area contributed by atoms with Gasteiger partial charge in [0, 0.05) is 51.4 Å². The highest BCUT2D eigenvalue weighted by Crippen LogP contribution is 2.27. The van der Waals surface area contributed by atoms with Gasteiger partial charge in [0.25, 0.3) is 5.91 Å². The van der Waals surface area contributed by atoms with E-state index in [2.05, 4.69) is 27.9 Å². The van der Waals surface area contributed by atoms with E-state index in [1.54, 1.807) is 48.7 Å². The summed E-state index contributed by atoms with van der Waals surface area (Å²) in [6.07, 6.45) is 3.46. The number of carbonyl (C=O) groups excluding carboxylic acids is 1. The number of pyridine rings is 1. The van der Waals surface area contributed by atoms with E-state index in [1.807, 2.05) is 30.5 Å². The Morgan fingerprint density at radius 1 is 0.912 bits per heavy atom. The van der Waals surface area contributed by atoms with Crippen molar-refractivity contribution in [1.29, 1.82) is 0 Å². The minimum absolute atomic E-state index is 0.160. The Morgan fingerprint density at radius 2 is 1.65 bits per heavy atom. The molecule has 0 aliphatic heterocycles. The molecule has 2 aromatic heterocycles. The summed E-state index contributed by atoms with van der Waals surface area (Å²) in [7, 11) is 0. The number of benzene rings is 3. The van der Waals surface area contributed by atoms with E-state index >= 15 is 0 Å². The number of hydrogen-bond acceptors (Lipinski definition) is 3. The molecule has 3 aromatic carbocycles. The zero-order valence-electron chi connectivity index (χ0n) is 18.0. The maximum atomic E-state index is 12.7. The average molecular weight is 474 g/mol. The van der Waals surface area contributed by atoms with Crippen LogP contribution < -0.4 is 5.32 Å². The molecule has 0 saturated heterocycles. The molecule has 0 fully saturated rings. The Labute approximate surface area is 201 Å². The lowest BCUT2D eigenvalue weighted by Gasteiger charge is -2.05. The minimum atomic E-state index is -0.455. The van der Waals surface area contributed by atoms with Gasteiger partial charge in [0.15, 0.2) is 0 Å². The van der Waals surface area contributed by atoms with Gasteiger partial charge in [0.2, 0.25) is 5.95 Å². The van der Waals surface area contributed by atoms with Crippen molar-refractivity contribution in [2.45, 2.75) is 11.4 Å². The first-order chi connectivity index (χ1) is 16.5. The number of para-hydroxylation sites is 1. The highest BCUT2D eigenvalue weighted by Gasteiger charge is 2.06. The van der Waals surface area contributed by atoms with Gasteiger partial charge in [-0.3, -0.25) is 4.79 Å². The third-order valence-electron chi connectivity index (χ3n) is 5.12. The number of H-pyrrole nitrogens is 1. The molecule has 5 rings (SSSR count). The molecule has 1 amide bonds. The van der Waals surface area contributed by atoms with Gasteiger partial charge < -0.3 is 10.3 Å². The summed E-state index contributed by atoms with van der Waals surface area (Å²) >= 11 is 4.15. The van der Waals surface area contributed by atoms with Crippen LogP contribution in [0, 0.1) is 11.8 Å². The summed E-state index contributed by atoms with van der Waals surface area (Å²) < 4.78 is 25.4. The fourth-order valence-corrected chi connectivity index (χ4v) is 3.49. The van der Waals surface area contributed by atoms with Gasteiger partial charge in [-0.1, -0.05) is 30.3 Å². The molecule has 0 aliphatic carbocycles. The zero-order valence-corrected chi connectivity index (χ0v) is 18.9. The largest absolute Gasteiger partial charge is 0.361 e. The molecule has 0 aliphatic rings. The summed E-state index contributed by atoms with van der Waals surface area (Å²) in [6, 6.07) is 24.1. The van der Waals surface area contributed by atoms with Crippen LogP contribution in [0.3, 0.4) is 0 Å². The Morgan fingerprint density at radius 3 is 2.35 bits per heavy atom. The molecule has 2 heterocycles. The number of hydrogen-bond donors (Lipinski definition) is 3. The maximum absolute atomic E-state index is 12.7. The van der Waals surface area contributed by atoms with Crippen LogP contribution in [0.15, 0.2) is 102 Å². The number of carbonyl (C=O) groups is 1. The number of fused-ring (bicyclic) bond motifs is 1. The molecule has 0 radical (unpaired) electrons. The summed E-state index contributed by atoms with van der Waals surface area (Å²) in [5.74, 6) is -0.898. The number of nitrogens with zero attached hydrogens (tertiary/aromatic N) is 1. The van der Waals surface area contributed by atoms with E-state index in [9.17, 15) is 13.6 Å². The second-order valence-electron chi connectivity index (χ2n) is 7.47. The number of aromatic amines is 1. The lowest BCUT2D eigenvalue weighted by atomic mass is 10.1. The van der Waals surface area contributed by atoms with Crippen molar-refractivity contribution in [2.75, 3.05) is 0 Å². The molecular formula is C27H21F2N3OS. The van der Waals surface area contributed by atoms with Crippen molar-refractivity contribution in [3.8, 4) is 11.1 Å². The van der Waals surface area contributed by atoms with Gasteiger partial charge in [0.05, 0.1) is 0 Å². The molecular weight excluding hydrogens is 452 g/mol. The normalized spacial score (nSPS) is 10.4. The highest BCUT2D eigenvalue weighted by atomic mass is 32.1. The minimum Gasteiger partial charge on any atom is -0.361 e. The van der Waals surface area contributed by atoms with Crippen LogP contribution in [0.2, 0.25) is 0 Å². The third kappa shape index (κ3) is 5.88. The Kier molecular flexibility index (Phi) is 7.34. The number of rotatable bonds is 4. The summed E-state index contributed by atoms with van der Waals surface area (Å²) in [4.78, 5) is 19.4. The van der Waals surface area contributed by atoms with Crippen molar-refractivity contribution in [2.24, 2.45) is 0 Å². The van der Waals surface area contributed by atoms with E-state index < -0.39 is 5.95 Å². The first-order valence-electron chi connectivity index (χ1n) is 10.5. The third-order valence-corrected chi connectivity index (χ3v) is 5.42. The van der Waals surface area contributed by atoms with E-state index in [1.165, 1.54) is 18.2 Å². The van der Waals surface area contributed by atoms with Crippen molar-refractivity contribution in [3.05, 3.63) is 120 Å². The number of nitrogens with one attached hydrogen (secondary N) is 2. The second-order valence-corrected chi connectivity index (χ2v) is 7.99. The van der Waals surface area contributed by atoms with Gasteiger partial charge in [0.1, 0.15) is 5.82 Å². The van der Waals surface area contributed by atoms with E-state index in [-0.39, 0.29) is 11.7 Å². The van der Waals surface area contributed by atoms with Gasteiger partial charge in [-0.2, -0.15) is 4.39 Å². The molecule has 0 unspecified atom stereocenters. The molecule has 0 atom stereocenters. The average Bonchev–Trinajstić information content (AvgIpc) is 3.29. The molecule has 0 bridgehead atoms. The van der Waals surface area contributed by atoms with Crippen LogP contribution >= 0.6 is 12.6 Å². The van der Waals surface area contributed by atoms with E-state index in [0.29, 0.717) is 12.1 Å². The van der Waals surface area contributed by atoms with Crippen LogP contribution in [0.4, 0.5) is 8.78 Å². The molecule has 2 N–H and O–H groups in total. The molecule has 5 aromatic rings. The molecule has 170 valence electrons. The molecule has 0 saturated carbocycles. The first kappa shape index (κ1) is 23.2. The molecule has 34 heavy (non-hydrogen) atoms. The molecule has 0 spiro atoms. The predicted octanol–water partition coefficient (Wildman–Crippen LogP) is 6.41. The Bertz CT molecular complexity index is 1380. The lowest BCUT2D eigenvalue weighted by molar-refractivity contribution is 0.0951. The first-order valence-corrected chi connectivity index (χ1v) is 10.9. The monoisotopic (exact) mass is 473 g/mol. The van der Waals surface area contributed by atoms with E-state index in [4.69, 9.17) is 0 Å². The van der Waals surface area contributed by atoms with E-state index in [0.717, 1.165) is 32.5 Å². The summed E-state index contributed by atoms with van der Waals surface area (Å²) in [5, 5.41) is 3.89. The summed E-state index contributed by atoms with van der Waals surface area (Å²) in [5.41, 5.74) is 4.47. The SMILES string of the molecule is Fc1ccc(-c2c[nH]c3ccccc23)cn1.O=C(NCc1ccc(F)cc1)c1ccc(S)cc1. The van der Waals surface area contributed by atoms with Gasteiger partial charge in [-0.25, -0.2) is 9.37 Å². The Balaban J connectivity index is 0.000000162. The highest BCUT2D eigenvalue weighted by molar-refractivity contribution is 7.80. The van der Waals surface area contributed by atoms with Gasteiger partial charge >= 0.3 is 0 Å². The van der Waals surface area contributed by atoms with Crippen LogP contribution in [-0.4, -0.2) is 15.9 Å². The van der Waals surface area contributed by atoms with Gasteiger partial charge in [-0.05, 0) is 60.2 Å². The van der Waals surface area contributed by atoms with Crippen molar-refractivity contribution < 1.29 is 13.6 Å². The van der Waals surface area contributed by atoms with Crippen molar-refractivity contribution in [1.82, 2.24) is 15.3 Å². The van der Waals surface area contributed by atoms with Crippen LogP contribution in [0.5, 0.6) is 0 Å². The van der Waals surface area contributed by atoms with Crippen LogP contribution in [-0.2, 0) is 6.54 Å². The number of halogens is 2. The number of aromatic nitrogens is 2. The van der Waals surface area contributed by atoms with Gasteiger partial charge in [-0.15, -0.1) is 12.6 Å². The fraction of sp³-hybridized carbons (Fsp3) is 0.0370. The van der Waals surface area contributed by atoms with Crippen LogP contribution in [0.1, 0.15) is 15.9 Å². The zero-order chi connectivity index (χ0) is 23.9. The van der Waals surface area contributed by atoms with Crippen LogP contribution in [0.25, 0.3) is 22.0 Å². The topological polar surface area (TPSA) is 57.8 Å². The predicted molar refractivity (Wildman–Crippen MR) is 133 cm³/mol. The second kappa shape index (κ2) is 10.8. The number of amides is 1. The fourth-order valence-electron chi connectivity index (χ4n) is 3.34. The lowest BCUT2D eigenvalue weighted by Crippen LogP contribution is -2.22. The molecule has 7 heteroatoms. The Hall–Kier alpha value is -3.97. The van der Waals surface area contributed by atoms with Crippen molar-refractivity contribution in [3.63, 3.8) is 0 Å². The standard InChI is InChI=1S/C14H12FNOS.C13H9FN2/c15-12-5-1-10(2-6-12)9-16-14(17)11-3-7-13(18)8-4-11;14-13-6-5-9(7-16-13)11-8-15-12-4-2-1-3-10(11)12/h1-8,18H,9H2,(H,16,17);1-8,15H.